The monoisotopic (exact) mass is 308 g/mol. The molecule has 0 aliphatic heterocycles. The molecule has 0 fully saturated rings. The lowest BCUT2D eigenvalue weighted by Crippen LogP contribution is -2.35. The molecule has 1 aromatic heterocycles. The molecule has 0 saturated heterocycles. The average Bonchev–Trinajstić information content (AvgIpc) is 2.86. The zero-order valence-electron chi connectivity index (χ0n) is 12.1. The predicted octanol–water partition coefficient (Wildman–Crippen LogP) is 3.68. The van der Waals surface area contributed by atoms with Crippen molar-refractivity contribution < 1.29 is 14.4 Å². The first-order valence-electron chi connectivity index (χ1n) is 6.65. The lowest BCUT2D eigenvalue weighted by atomic mass is 9.76. The summed E-state index contributed by atoms with van der Waals surface area (Å²) in [4.78, 5) is 15.8. The van der Waals surface area contributed by atoms with Crippen molar-refractivity contribution in [3.63, 3.8) is 0 Å². The molecule has 0 amide bonds. The highest BCUT2D eigenvalue weighted by Gasteiger charge is 2.38. The van der Waals surface area contributed by atoms with Gasteiger partial charge in [0.05, 0.1) is 5.41 Å². The molecule has 21 heavy (non-hydrogen) atoms. The number of benzene rings is 1. The van der Waals surface area contributed by atoms with Crippen molar-refractivity contribution in [3.05, 3.63) is 35.2 Å². The van der Waals surface area contributed by atoms with E-state index in [4.69, 9.17) is 16.1 Å². The third-order valence-corrected chi connectivity index (χ3v) is 4.07. The Kier molecular flexibility index (Phi) is 4.32. The third-order valence-electron chi connectivity index (χ3n) is 3.83. The average molecular weight is 309 g/mol. The van der Waals surface area contributed by atoms with Crippen molar-refractivity contribution >= 4 is 17.6 Å². The minimum Gasteiger partial charge on any atom is -0.481 e. The minimum atomic E-state index is -0.946. The van der Waals surface area contributed by atoms with Gasteiger partial charge < -0.3 is 9.63 Å². The van der Waals surface area contributed by atoms with Gasteiger partial charge in [0.1, 0.15) is 0 Å². The number of hydrogen-bond acceptors (Lipinski definition) is 4. The van der Waals surface area contributed by atoms with Crippen LogP contribution in [0.3, 0.4) is 0 Å². The molecule has 0 saturated carbocycles. The maximum atomic E-state index is 11.5. The Balaban J connectivity index is 2.26. The van der Waals surface area contributed by atoms with Gasteiger partial charge in [0, 0.05) is 17.0 Å². The summed E-state index contributed by atoms with van der Waals surface area (Å²) in [7, 11) is 0. The number of carbonyl (C=O) groups is 1. The number of halogens is 1. The van der Waals surface area contributed by atoms with Crippen LogP contribution in [0.4, 0.5) is 0 Å². The Labute approximate surface area is 127 Å². The normalized spacial score (nSPS) is 14.1. The van der Waals surface area contributed by atoms with Gasteiger partial charge in [0.15, 0.2) is 0 Å². The maximum absolute atomic E-state index is 11.5. The van der Waals surface area contributed by atoms with Crippen LogP contribution in [0.25, 0.3) is 11.4 Å². The molecule has 1 heterocycles. The van der Waals surface area contributed by atoms with Gasteiger partial charge in [-0.15, -0.1) is 0 Å². The van der Waals surface area contributed by atoms with Crippen molar-refractivity contribution in [3.8, 4) is 11.4 Å². The van der Waals surface area contributed by atoms with E-state index in [2.05, 4.69) is 10.1 Å². The SMILES string of the molecule is CC(C)C(C)(Cc1nc(-c2cccc(Cl)c2)no1)C(=O)O. The first kappa shape index (κ1) is 15.5. The zero-order valence-corrected chi connectivity index (χ0v) is 12.9. The predicted molar refractivity (Wildman–Crippen MR) is 79.0 cm³/mol. The number of nitrogens with zero attached hydrogens (tertiary/aromatic N) is 2. The van der Waals surface area contributed by atoms with Gasteiger partial charge in [0.25, 0.3) is 0 Å². The molecule has 2 aromatic rings. The molecule has 0 aliphatic rings. The summed E-state index contributed by atoms with van der Waals surface area (Å²) in [6.45, 7) is 5.41. The van der Waals surface area contributed by atoms with Crippen LogP contribution < -0.4 is 0 Å². The molecule has 2 rings (SSSR count). The fourth-order valence-corrected chi connectivity index (χ4v) is 2.10. The number of aliphatic carboxylic acids is 1. The van der Waals surface area contributed by atoms with E-state index in [1.165, 1.54) is 0 Å². The van der Waals surface area contributed by atoms with Crippen LogP contribution in [-0.4, -0.2) is 21.2 Å². The molecule has 0 bridgehead atoms. The summed E-state index contributed by atoms with van der Waals surface area (Å²) in [5, 5.41) is 13.9. The van der Waals surface area contributed by atoms with Crippen molar-refractivity contribution in [2.24, 2.45) is 11.3 Å². The van der Waals surface area contributed by atoms with E-state index in [-0.39, 0.29) is 12.3 Å². The van der Waals surface area contributed by atoms with Crippen LogP contribution in [0, 0.1) is 11.3 Å². The Morgan fingerprint density at radius 2 is 2.19 bits per heavy atom. The van der Waals surface area contributed by atoms with E-state index in [9.17, 15) is 9.90 Å². The van der Waals surface area contributed by atoms with Gasteiger partial charge in [-0.05, 0) is 25.0 Å². The van der Waals surface area contributed by atoms with Gasteiger partial charge in [-0.25, -0.2) is 0 Å². The zero-order chi connectivity index (χ0) is 15.6. The van der Waals surface area contributed by atoms with Crippen LogP contribution in [0.2, 0.25) is 5.02 Å². The van der Waals surface area contributed by atoms with Crippen molar-refractivity contribution in [1.29, 1.82) is 0 Å². The van der Waals surface area contributed by atoms with Crippen LogP contribution in [-0.2, 0) is 11.2 Å². The molecule has 0 aliphatic carbocycles. The van der Waals surface area contributed by atoms with Gasteiger partial charge in [0.2, 0.25) is 11.7 Å². The lowest BCUT2D eigenvalue weighted by Gasteiger charge is -2.27. The molecular weight excluding hydrogens is 292 g/mol. The van der Waals surface area contributed by atoms with Crippen LogP contribution in [0.15, 0.2) is 28.8 Å². The molecule has 0 spiro atoms. The summed E-state index contributed by atoms with van der Waals surface area (Å²) < 4.78 is 5.19. The molecule has 1 atom stereocenters. The lowest BCUT2D eigenvalue weighted by molar-refractivity contribution is -0.150. The summed E-state index contributed by atoms with van der Waals surface area (Å²) in [6, 6.07) is 7.10. The number of hydrogen-bond donors (Lipinski definition) is 1. The van der Waals surface area contributed by atoms with Gasteiger partial charge in [-0.1, -0.05) is 42.7 Å². The second-order valence-electron chi connectivity index (χ2n) is 5.58. The van der Waals surface area contributed by atoms with Gasteiger partial charge in [-0.2, -0.15) is 4.98 Å². The van der Waals surface area contributed by atoms with E-state index >= 15 is 0 Å². The summed E-state index contributed by atoms with van der Waals surface area (Å²) in [5.41, 5.74) is -0.211. The molecule has 1 aromatic carbocycles. The summed E-state index contributed by atoms with van der Waals surface area (Å²) in [6.07, 6.45) is 0.188. The van der Waals surface area contributed by atoms with Gasteiger partial charge >= 0.3 is 5.97 Å². The van der Waals surface area contributed by atoms with Crippen LogP contribution in [0.1, 0.15) is 26.7 Å². The number of carboxylic acid groups (broad SMARTS) is 1. The maximum Gasteiger partial charge on any atom is 0.310 e. The van der Waals surface area contributed by atoms with Crippen LogP contribution >= 0.6 is 11.6 Å². The standard InChI is InChI=1S/C15H17ClN2O3/c1-9(2)15(3,14(19)20)8-12-17-13(18-21-12)10-5-4-6-11(16)7-10/h4-7,9H,8H2,1-3H3,(H,19,20). The summed E-state index contributed by atoms with van der Waals surface area (Å²) >= 11 is 5.93. The first-order valence-corrected chi connectivity index (χ1v) is 7.02. The number of aromatic nitrogens is 2. The molecule has 1 unspecified atom stereocenters. The highest BCUT2D eigenvalue weighted by atomic mass is 35.5. The largest absolute Gasteiger partial charge is 0.481 e. The van der Waals surface area contributed by atoms with E-state index < -0.39 is 11.4 Å². The van der Waals surface area contributed by atoms with E-state index in [1.807, 2.05) is 19.9 Å². The van der Waals surface area contributed by atoms with Crippen molar-refractivity contribution in [2.45, 2.75) is 27.2 Å². The Morgan fingerprint density at radius 1 is 1.48 bits per heavy atom. The number of rotatable bonds is 5. The third kappa shape index (κ3) is 3.24. The first-order chi connectivity index (χ1) is 9.83. The Bertz CT molecular complexity index is 654. The molecule has 112 valence electrons. The van der Waals surface area contributed by atoms with E-state index in [1.54, 1.807) is 25.1 Å². The van der Waals surface area contributed by atoms with E-state index in [0.717, 1.165) is 5.56 Å². The topological polar surface area (TPSA) is 76.2 Å². The Hall–Kier alpha value is -1.88. The highest BCUT2D eigenvalue weighted by Crippen LogP contribution is 2.32. The minimum absolute atomic E-state index is 0.0588. The second kappa shape index (κ2) is 5.85. The smallest absolute Gasteiger partial charge is 0.310 e. The fraction of sp³-hybridized carbons (Fsp3) is 0.400. The van der Waals surface area contributed by atoms with Gasteiger partial charge in [-0.3, -0.25) is 4.79 Å². The molecule has 6 heteroatoms. The van der Waals surface area contributed by atoms with E-state index in [0.29, 0.717) is 16.7 Å². The van der Waals surface area contributed by atoms with Crippen molar-refractivity contribution in [1.82, 2.24) is 10.1 Å². The molecular formula is C15H17ClN2O3. The quantitative estimate of drug-likeness (QED) is 0.911. The number of carboxylic acids is 1. The highest BCUT2D eigenvalue weighted by molar-refractivity contribution is 6.30. The second-order valence-corrected chi connectivity index (χ2v) is 6.01. The summed E-state index contributed by atoms with van der Waals surface area (Å²) in [5.74, 6) is -0.218. The van der Waals surface area contributed by atoms with Crippen LogP contribution in [0.5, 0.6) is 0 Å². The molecule has 0 radical (unpaired) electrons. The Morgan fingerprint density at radius 3 is 2.76 bits per heavy atom. The molecule has 5 nitrogen and oxygen atoms in total. The fourth-order valence-electron chi connectivity index (χ4n) is 1.91. The molecule has 1 N–H and O–H groups in total. The van der Waals surface area contributed by atoms with Crippen molar-refractivity contribution in [2.75, 3.05) is 0 Å².